The van der Waals surface area contributed by atoms with Gasteiger partial charge in [0.1, 0.15) is 11.6 Å². The van der Waals surface area contributed by atoms with Crippen molar-refractivity contribution in [2.24, 2.45) is 0 Å². The molecule has 0 heterocycles. The zero-order valence-electron chi connectivity index (χ0n) is 14.5. The summed E-state index contributed by atoms with van der Waals surface area (Å²) in [5.74, 6) is -1.25. The fourth-order valence-corrected chi connectivity index (χ4v) is 3.74. The SMILES string of the molecule is Cc1c(F)cccc1C1(C(=O)NO)CCC(OCc2ccc(F)cc2)C1. The van der Waals surface area contributed by atoms with Gasteiger partial charge in [-0.15, -0.1) is 0 Å². The van der Waals surface area contributed by atoms with Crippen molar-refractivity contribution in [2.75, 3.05) is 0 Å². The lowest BCUT2D eigenvalue weighted by Gasteiger charge is -2.29. The van der Waals surface area contributed by atoms with Crippen molar-refractivity contribution in [3.8, 4) is 0 Å². The summed E-state index contributed by atoms with van der Waals surface area (Å²) in [5, 5.41) is 9.23. The van der Waals surface area contributed by atoms with E-state index in [0.29, 0.717) is 37.0 Å². The molecule has 138 valence electrons. The number of hydrogen-bond acceptors (Lipinski definition) is 3. The molecule has 1 amide bonds. The normalized spacial score (nSPS) is 22.4. The van der Waals surface area contributed by atoms with E-state index >= 15 is 0 Å². The first kappa shape index (κ1) is 18.5. The Balaban J connectivity index is 1.79. The molecule has 2 aromatic rings. The number of ether oxygens (including phenoxy) is 1. The maximum atomic E-state index is 14.0. The lowest BCUT2D eigenvalue weighted by molar-refractivity contribution is -0.135. The van der Waals surface area contributed by atoms with Crippen LogP contribution in [0.3, 0.4) is 0 Å². The summed E-state index contributed by atoms with van der Waals surface area (Å²) in [6.07, 6.45) is 1.16. The van der Waals surface area contributed by atoms with E-state index in [1.807, 2.05) is 0 Å². The van der Waals surface area contributed by atoms with E-state index in [0.717, 1.165) is 5.56 Å². The van der Waals surface area contributed by atoms with Gasteiger partial charge >= 0.3 is 0 Å². The molecule has 1 aliphatic carbocycles. The number of amides is 1. The van der Waals surface area contributed by atoms with Crippen LogP contribution < -0.4 is 5.48 Å². The lowest BCUT2D eigenvalue weighted by Crippen LogP contribution is -2.42. The minimum atomic E-state index is -1.03. The van der Waals surface area contributed by atoms with Crippen LogP contribution in [-0.2, 0) is 21.6 Å². The predicted molar refractivity (Wildman–Crippen MR) is 91.6 cm³/mol. The van der Waals surface area contributed by atoms with Crippen LogP contribution in [0.25, 0.3) is 0 Å². The third-order valence-corrected chi connectivity index (χ3v) is 5.19. The Bertz CT molecular complexity index is 794. The van der Waals surface area contributed by atoms with Gasteiger partial charge in [0, 0.05) is 0 Å². The molecule has 1 saturated carbocycles. The maximum Gasteiger partial charge on any atom is 0.254 e. The van der Waals surface area contributed by atoms with Gasteiger partial charge in [-0.25, -0.2) is 14.3 Å². The van der Waals surface area contributed by atoms with Crippen molar-refractivity contribution in [3.63, 3.8) is 0 Å². The molecule has 2 aromatic carbocycles. The third-order valence-electron chi connectivity index (χ3n) is 5.19. The first-order chi connectivity index (χ1) is 12.5. The molecule has 0 aliphatic heterocycles. The average Bonchev–Trinajstić information content (AvgIpc) is 3.08. The van der Waals surface area contributed by atoms with Crippen LogP contribution in [0, 0.1) is 18.6 Å². The first-order valence-electron chi connectivity index (χ1n) is 8.52. The second-order valence-electron chi connectivity index (χ2n) is 6.74. The monoisotopic (exact) mass is 361 g/mol. The fourth-order valence-electron chi connectivity index (χ4n) is 3.74. The van der Waals surface area contributed by atoms with Crippen LogP contribution in [-0.4, -0.2) is 17.2 Å². The molecule has 3 rings (SSSR count). The summed E-state index contributed by atoms with van der Waals surface area (Å²) in [7, 11) is 0. The Labute approximate surface area is 150 Å². The van der Waals surface area contributed by atoms with Crippen LogP contribution in [0.2, 0.25) is 0 Å². The van der Waals surface area contributed by atoms with Gasteiger partial charge in [-0.2, -0.15) is 0 Å². The van der Waals surface area contributed by atoms with E-state index in [2.05, 4.69) is 0 Å². The Morgan fingerprint density at radius 3 is 2.69 bits per heavy atom. The van der Waals surface area contributed by atoms with Crippen molar-refractivity contribution in [1.82, 2.24) is 5.48 Å². The topological polar surface area (TPSA) is 58.6 Å². The number of carbonyl (C=O) groups excluding carboxylic acids is 1. The molecule has 4 nitrogen and oxygen atoms in total. The van der Waals surface area contributed by atoms with Gasteiger partial charge in [0.15, 0.2) is 0 Å². The number of hydroxylamine groups is 1. The van der Waals surface area contributed by atoms with Crippen LogP contribution in [0.1, 0.15) is 36.0 Å². The Morgan fingerprint density at radius 2 is 2.00 bits per heavy atom. The highest BCUT2D eigenvalue weighted by molar-refractivity contribution is 5.88. The number of rotatable bonds is 5. The Kier molecular flexibility index (Phi) is 5.34. The van der Waals surface area contributed by atoms with Crippen LogP contribution in [0.4, 0.5) is 8.78 Å². The minimum Gasteiger partial charge on any atom is -0.373 e. The van der Waals surface area contributed by atoms with Gasteiger partial charge < -0.3 is 4.74 Å². The van der Waals surface area contributed by atoms with E-state index in [4.69, 9.17) is 4.74 Å². The second kappa shape index (κ2) is 7.51. The van der Waals surface area contributed by atoms with Crippen molar-refractivity contribution < 1.29 is 23.5 Å². The van der Waals surface area contributed by atoms with E-state index in [-0.39, 0.29) is 17.7 Å². The molecule has 2 atom stereocenters. The highest BCUT2D eigenvalue weighted by Crippen LogP contribution is 2.44. The summed E-state index contributed by atoms with van der Waals surface area (Å²) in [5.41, 5.74) is 2.50. The van der Waals surface area contributed by atoms with Gasteiger partial charge in [-0.3, -0.25) is 10.0 Å². The van der Waals surface area contributed by atoms with Crippen molar-refractivity contribution >= 4 is 5.91 Å². The van der Waals surface area contributed by atoms with Crippen molar-refractivity contribution in [3.05, 3.63) is 70.8 Å². The van der Waals surface area contributed by atoms with Crippen molar-refractivity contribution in [1.29, 1.82) is 0 Å². The average molecular weight is 361 g/mol. The minimum absolute atomic E-state index is 0.222. The molecule has 2 unspecified atom stereocenters. The van der Waals surface area contributed by atoms with Gasteiger partial charge in [-0.05, 0) is 61.1 Å². The summed E-state index contributed by atoms with van der Waals surface area (Å²) in [6.45, 7) is 1.92. The smallest absolute Gasteiger partial charge is 0.254 e. The standard InChI is InChI=1S/C20H21F2NO3/c1-13-17(3-2-4-18(13)22)20(19(24)23-25)10-9-16(11-20)26-12-14-5-7-15(21)8-6-14/h2-8,16,25H,9-12H2,1H3,(H,23,24). The molecule has 1 aliphatic rings. The number of carbonyl (C=O) groups is 1. The molecule has 0 aromatic heterocycles. The number of hydrogen-bond donors (Lipinski definition) is 2. The summed E-state index contributed by atoms with van der Waals surface area (Å²) >= 11 is 0. The summed E-state index contributed by atoms with van der Waals surface area (Å²) in [6, 6.07) is 10.7. The Morgan fingerprint density at radius 1 is 1.27 bits per heavy atom. The Hall–Kier alpha value is -2.31. The van der Waals surface area contributed by atoms with Gasteiger partial charge in [0.2, 0.25) is 0 Å². The number of halogens is 2. The predicted octanol–water partition coefficient (Wildman–Crippen LogP) is 3.79. The van der Waals surface area contributed by atoms with E-state index in [1.54, 1.807) is 36.7 Å². The van der Waals surface area contributed by atoms with Gasteiger partial charge in [-0.1, -0.05) is 24.3 Å². The molecule has 0 spiro atoms. The van der Waals surface area contributed by atoms with Crippen LogP contribution in [0.15, 0.2) is 42.5 Å². The number of benzene rings is 2. The lowest BCUT2D eigenvalue weighted by atomic mass is 9.76. The first-order valence-corrected chi connectivity index (χ1v) is 8.52. The summed E-state index contributed by atoms with van der Waals surface area (Å²) < 4.78 is 32.9. The highest BCUT2D eigenvalue weighted by Gasteiger charge is 2.48. The molecule has 0 radical (unpaired) electrons. The molecule has 0 saturated heterocycles. The van der Waals surface area contributed by atoms with Gasteiger partial charge in [0.05, 0.1) is 18.1 Å². The molecule has 26 heavy (non-hydrogen) atoms. The molecule has 6 heteroatoms. The van der Waals surface area contributed by atoms with E-state index in [1.165, 1.54) is 18.2 Å². The van der Waals surface area contributed by atoms with Crippen LogP contribution >= 0.6 is 0 Å². The van der Waals surface area contributed by atoms with Crippen molar-refractivity contribution in [2.45, 2.75) is 44.3 Å². The van der Waals surface area contributed by atoms with Gasteiger partial charge in [0.25, 0.3) is 5.91 Å². The molecule has 0 bridgehead atoms. The summed E-state index contributed by atoms with van der Waals surface area (Å²) in [4.78, 5) is 12.5. The quantitative estimate of drug-likeness (QED) is 0.629. The second-order valence-corrected chi connectivity index (χ2v) is 6.74. The molecule has 1 fully saturated rings. The maximum absolute atomic E-state index is 14.0. The zero-order chi connectivity index (χ0) is 18.7. The number of nitrogens with one attached hydrogen (secondary N) is 1. The van der Waals surface area contributed by atoms with E-state index in [9.17, 15) is 18.8 Å². The largest absolute Gasteiger partial charge is 0.373 e. The third kappa shape index (κ3) is 3.48. The zero-order valence-corrected chi connectivity index (χ0v) is 14.5. The van der Waals surface area contributed by atoms with Crippen LogP contribution in [0.5, 0.6) is 0 Å². The molecular weight excluding hydrogens is 340 g/mol. The van der Waals surface area contributed by atoms with E-state index < -0.39 is 11.3 Å². The highest BCUT2D eigenvalue weighted by atomic mass is 19.1. The molecular formula is C20H21F2NO3. The molecule has 2 N–H and O–H groups in total. The fraction of sp³-hybridized carbons (Fsp3) is 0.350.